The highest BCUT2D eigenvalue weighted by Gasteiger charge is 2.25. The van der Waals surface area contributed by atoms with Gasteiger partial charge in [0.2, 0.25) is 5.91 Å². The standard InChI is InChI=1S/C11H21NO6S/c1-3-4-5-18-6-7-19(16,17)8-10(11(14)15)12-9(2)13/h10H,3-8H2,1-2H3,(H,12,13)(H,14,15). The Balaban J connectivity index is 4.24. The van der Waals surface area contributed by atoms with Gasteiger partial charge in [0.1, 0.15) is 6.04 Å². The summed E-state index contributed by atoms with van der Waals surface area (Å²) in [5, 5.41) is 10.9. The molecule has 0 aromatic rings. The van der Waals surface area contributed by atoms with Gasteiger partial charge in [-0.2, -0.15) is 0 Å². The highest BCUT2D eigenvalue weighted by Crippen LogP contribution is 1.98. The predicted molar refractivity (Wildman–Crippen MR) is 69.6 cm³/mol. The lowest BCUT2D eigenvalue weighted by atomic mass is 10.3. The van der Waals surface area contributed by atoms with E-state index in [1.807, 2.05) is 6.92 Å². The van der Waals surface area contributed by atoms with Crippen LogP contribution >= 0.6 is 0 Å². The average Bonchev–Trinajstić information content (AvgIpc) is 2.26. The van der Waals surface area contributed by atoms with E-state index in [4.69, 9.17) is 9.84 Å². The summed E-state index contributed by atoms with van der Waals surface area (Å²) in [6.45, 7) is 3.65. The summed E-state index contributed by atoms with van der Waals surface area (Å²) in [7, 11) is -3.58. The molecular formula is C11H21NO6S. The minimum atomic E-state index is -3.58. The van der Waals surface area contributed by atoms with Crippen LogP contribution in [0, 0.1) is 0 Å². The number of nitrogens with one attached hydrogen (secondary N) is 1. The third-order valence-corrected chi connectivity index (χ3v) is 3.91. The lowest BCUT2D eigenvalue weighted by molar-refractivity contribution is -0.140. The summed E-state index contributed by atoms with van der Waals surface area (Å²) in [5.74, 6) is -2.83. The molecule has 0 heterocycles. The zero-order chi connectivity index (χ0) is 14.9. The van der Waals surface area contributed by atoms with E-state index in [-0.39, 0.29) is 12.4 Å². The lowest BCUT2D eigenvalue weighted by Crippen LogP contribution is -2.45. The van der Waals surface area contributed by atoms with Crippen LogP contribution in [0.5, 0.6) is 0 Å². The molecule has 0 radical (unpaired) electrons. The highest BCUT2D eigenvalue weighted by atomic mass is 32.2. The first-order valence-electron chi connectivity index (χ1n) is 6.06. The lowest BCUT2D eigenvalue weighted by Gasteiger charge is -2.13. The molecule has 0 saturated carbocycles. The van der Waals surface area contributed by atoms with Gasteiger partial charge in [0.15, 0.2) is 9.84 Å². The molecule has 0 aromatic carbocycles. The summed E-state index contributed by atoms with van der Waals surface area (Å²) < 4.78 is 28.4. The largest absolute Gasteiger partial charge is 0.480 e. The van der Waals surface area contributed by atoms with E-state index in [1.165, 1.54) is 0 Å². The number of amides is 1. The van der Waals surface area contributed by atoms with Gasteiger partial charge in [-0.15, -0.1) is 0 Å². The molecule has 0 aliphatic heterocycles. The van der Waals surface area contributed by atoms with E-state index in [0.29, 0.717) is 6.61 Å². The molecule has 112 valence electrons. The van der Waals surface area contributed by atoms with E-state index in [0.717, 1.165) is 19.8 Å². The number of carboxylic acids is 1. The maximum absolute atomic E-state index is 11.7. The predicted octanol–water partition coefficient (Wildman–Crippen LogP) is -0.193. The van der Waals surface area contributed by atoms with Gasteiger partial charge in [-0.1, -0.05) is 13.3 Å². The zero-order valence-electron chi connectivity index (χ0n) is 11.2. The number of hydrogen-bond acceptors (Lipinski definition) is 5. The first kappa shape index (κ1) is 17.8. The topological polar surface area (TPSA) is 110 Å². The van der Waals surface area contributed by atoms with Crippen molar-refractivity contribution in [2.45, 2.75) is 32.7 Å². The number of carbonyl (C=O) groups excluding carboxylic acids is 1. The number of carbonyl (C=O) groups is 2. The van der Waals surface area contributed by atoms with Crippen molar-refractivity contribution in [3.63, 3.8) is 0 Å². The van der Waals surface area contributed by atoms with E-state index >= 15 is 0 Å². The second kappa shape index (κ2) is 8.87. The van der Waals surface area contributed by atoms with E-state index in [1.54, 1.807) is 0 Å². The van der Waals surface area contributed by atoms with Crippen molar-refractivity contribution >= 4 is 21.7 Å². The van der Waals surface area contributed by atoms with Crippen molar-refractivity contribution in [2.24, 2.45) is 0 Å². The average molecular weight is 295 g/mol. The Morgan fingerprint density at radius 1 is 1.32 bits per heavy atom. The molecule has 1 unspecified atom stereocenters. The van der Waals surface area contributed by atoms with Gasteiger partial charge >= 0.3 is 5.97 Å². The first-order valence-corrected chi connectivity index (χ1v) is 7.88. The smallest absolute Gasteiger partial charge is 0.327 e. The van der Waals surface area contributed by atoms with Crippen LogP contribution in [0.2, 0.25) is 0 Å². The Kier molecular flexibility index (Phi) is 8.33. The molecule has 0 fully saturated rings. The quantitative estimate of drug-likeness (QED) is 0.540. The molecule has 0 saturated heterocycles. The number of hydrogen-bond donors (Lipinski definition) is 2. The number of sulfone groups is 1. The fourth-order valence-electron chi connectivity index (χ4n) is 1.29. The van der Waals surface area contributed by atoms with E-state index in [2.05, 4.69) is 5.32 Å². The van der Waals surface area contributed by atoms with Crippen molar-refractivity contribution in [1.82, 2.24) is 5.32 Å². The van der Waals surface area contributed by atoms with Gasteiger partial charge in [0.25, 0.3) is 0 Å². The second-order valence-corrected chi connectivity index (χ2v) is 6.40. The fraction of sp³-hybridized carbons (Fsp3) is 0.818. The summed E-state index contributed by atoms with van der Waals surface area (Å²) in [5.41, 5.74) is 0. The second-order valence-electron chi connectivity index (χ2n) is 4.17. The number of ether oxygens (including phenoxy) is 1. The monoisotopic (exact) mass is 295 g/mol. The maximum Gasteiger partial charge on any atom is 0.327 e. The molecule has 7 nitrogen and oxygen atoms in total. The molecule has 1 atom stereocenters. The van der Waals surface area contributed by atoms with Crippen molar-refractivity contribution in [3.05, 3.63) is 0 Å². The highest BCUT2D eigenvalue weighted by molar-refractivity contribution is 7.91. The first-order chi connectivity index (χ1) is 8.78. The molecule has 19 heavy (non-hydrogen) atoms. The number of aliphatic carboxylic acids is 1. The van der Waals surface area contributed by atoms with Crippen LogP contribution in [0.1, 0.15) is 26.7 Å². The summed E-state index contributed by atoms with van der Waals surface area (Å²) >= 11 is 0. The molecule has 2 N–H and O–H groups in total. The van der Waals surface area contributed by atoms with Gasteiger partial charge in [-0.25, -0.2) is 13.2 Å². The Morgan fingerprint density at radius 2 is 1.95 bits per heavy atom. The van der Waals surface area contributed by atoms with Gasteiger partial charge < -0.3 is 15.2 Å². The molecular weight excluding hydrogens is 274 g/mol. The summed E-state index contributed by atoms with van der Waals surface area (Å²) in [6.07, 6.45) is 1.81. The zero-order valence-corrected chi connectivity index (χ0v) is 12.0. The van der Waals surface area contributed by atoms with E-state index in [9.17, 15) is 18.0 Å². The maximum atomic E-state index is 11.7. The van der Waals surface area contributed by atoms with Crippen LogP contribution in [0.25, 0.3) is 0 Å². The number of unbranched alkanes of at least 4 members (excludes halogenated alkanes) is 1. The molecule has 0 aromatic heterocycles. The number of rotatable bonds is 10. The Labute approximate surface area is 113 Å². The van der Waals surface area contributed by atoms with E-state index < -0.39 is 33.5 Å². The summed E-state index contributed by atoms with van der Waals surface area (Å²) in [4.78, 5) is 21.6. The minimum absolute atomic E-state index is 0.0365. The van der Waals surface area contributed by atoms with Crippen molar-refractivity contribution in [1.29, 1.82) is 0 Å². The van der Waals surface area contributed by atoms with Crippen LogP contribution in [0.3, 0.4) is 0 Å². The SMILES string of the molecule is CCCCOCCS(=O)(=O)CC(NC(C)=O)C(=O)O. The molecule has 0 rings (SSSR count). The Morgan fingerprint density at radius 3 is 2.42 bits per heavy atom. The van der Waals surface area contributed by atoms with Crippen molar-refractivity contribution < 1.29 is 27.9 Å². The molecule has 1 amide bonds. The Hall–Kier alpha value is -1.15. The van der Waals surface area contributed by atoms with Crippen LogP contribution in [0.4, 0.5) is 0 Å². The van der Waals surface area contributed by atoms with Crippen molar-refractivity contribution in [2.75, 3.05) is 24.7 Å². The van der Waals surface area contributed by atoms with Crippen LogP contribution in [0.15, 0.2) is 0 Å². The van der Waals surface area contributed by atoms with Gasteiger partial charge in [0.05, 0.1) is 18.1 Å². The van der Waals surface area contributed by atoms with Crippen molar-refractivity contribution in [3.8, 4) is 0 Å². The minimum Gasteiger partial charge on any atom is -0.480 e. The third-order valence-electron chi connectivity index (χ3n) is 2.28. The normalized spacial score (nSPS) is 12.9. The summed E-state index contributed by atoms with van der Waals surface area (Å²) in [6, 6.07) is -1.42. The molecule has 0 aliphatic rings. The molecule has 8 heteroatoms. The van der Waals surface area contributed by atoms with Gasteiger partial charge in [-0.3, -0.25) is 4.79 Å². The number of carboxylic acid groups (broad SMARTS) is 1. The van der Waals surface area contributed by atoms with Crippen LogP contribution in [-0.4, -0.2) is 56.2 Å². The Bertz CT molecular complexity index is 392. The van der Waals surface area contributed by atoms with Crippen LogP contribution < -0.4 is 5.32 Å². The van der Waals surface area contributed by atoms with Gasteiger partial charge in [-0.05, 0) is 6.42 Å². The van der Waals surface area contributed by atoms with Gasteiger partial charge in [0, 0.05) is 13.5 Å². The van der Waals surface area contributed by atoms with Crippen LogP contribution in [-0.2, 0) is 24.2 Å². The third kappa shape index (κ3) is 9.43. The fourth-order valence-corrected chi connectivity index (χ4v) is 2.56. The molecule has 0 spiro atoms. The molecule has 0 aliphatic carbocycles. The molecule has 0 bridgehead atoms.